The van der Waals surface area contributed by atoms with Gasteiger partial charge in [0.15, 0.2) is 11.5 Å². The van der Waals surface area contributed by atoms with Crippen LogP contribution in [-0.2, 0) is 19.1 Å². The number of aliphatic carboxylic acids is 1. The Kier molecular flexibility index (Phi) is 7.84. The van der Waals surface area contributed by atoms with Crippen LogP contribution in [-0.4, -0.2) is 39.6 Å². The van der Waals surface area contributed by atoms with E-state index in [9.17, 15) is 29.7 Å². The molecule has 7 heteroatoms. The number of rotatable bonds is 5. The molecule has 250 valence electrons. The lowest BCUT2D eigenvalue weighted by Gasteiger charge is -2.71. The van der Waals surface area contributed by atoms with E-state index in [0.717, 1.165) is 32.1 Å². The normalized spacial score (nSPS) is 41.4. The predicted octanol–water partition coefficient (Wildman–Crippen LogP) is 7.95. The number of carbonyl (C=O) groups excluding carboxylic acids is 2. The number of allylic oxidation sites excluding steroid dienone is 1. The summed E-state index contributed by atoms with van der Waals surface area (Å²) in [5.74, 6) is -0.310. The predicted molar refractivity (Wildman–Crippen MR) is 176 cm³/mol. The Balaban J connectivity index is 1.42. The van der Waals surface area contributed by atoms with E-state index in [1.54, 1.807) is 12.1 Å². The van der Waals surface area contributed by atoms with E-state index in [1.807, 2.05) is 0 Å². The highest BCUT2D eigenvalue weighted by atomic mass is 16.5. The first-order valence-electron chi connectivity index (χ1n) is 17.4. The summed E-state index contributed by atoms with van der Waals surface area (Å²) in [5.41, 5.74) is -0.240. The lowest BCUT2D eigenvalue weighted by atomic mass is 9.33. The number of ketones is 1. The number of carboxylic acid groups (broad SMARTS) is 1. The van der Waals surface area contributed by atoms with Gasteiger partial charge in [0, 0.05) is 23.3 Å². The Morgan fingerprint density at radius 3 is 2.39 bits per heavy atom. The molecular formula is C39H52O7. The SMILES string of the molecule is C[C@H]1[C@H](C)CC[C@]2(C(=O)O)CC[C@]3(COC(=O)/C=C/c4ccc(O)c(O)c4)C(=CC[C@@H]4[C@@]5(C)CCC(=O)C(C)(C)[C@@H]5CC[C@]43C)[C@H]12. The largest absolute Gasteiger partial charge is 0.504 e. The minimum Gasteiger partial charge on any atom is -0.504 e. The van der Waals surface area contributed by atoms with Crippen LogP contribution in [0.3, 0.4) is 0 Å². The molecule has 9 atom stereocenters. The lowest BCUT2D eigenvalue weighted by Crippen LogP contribution is -2.66. The Morgan fingerprint density at radius 1 is 0.957 bits per heavy atom. The number of hydrogen-bond donors (Lipinski definition) is 3. The van der Waals surface area contributed by atoms with Gasteiger partial charge in [-0.15, -0.1) is 0 Å². The molecule has 0 amide bonds. The molecule has 4 fully saturated rings. The summed E-state index contributed by atoms with van der Waals surface area (Å²) in [4.78, 5) is 39.7. The van der Waals surface area contributed by atoms with Gasteiger partial charge in [0.25, 0.3) is 0 Å². The van der Waals surface area contributed by atoms with Crippen LogP contribution in [0.4, 0.5) is 0 Å². The Hall–Kier alpha value is -3.09. The molecule has 3 N–H and O–H groups in total. The van der Waals surface area contributed by atoms with Gasteiger partial charge < -0.3 is 20.1 Å². The maximum absolute atomic E-state index is 13.4. The van der Waals surface area contributed by atoms with Crippen LogP contribution in [0, 0.1) is 56.7 Å². The topological polar surface area (TPSA) is 121 Å². The van der Waals surface area contributed by atoms with Crippen LogP contribution in [0.2, 0.25) is 0 Å². The van der Waals surface area contributed by atoms with Gasteiger partial charge in [0.05, 0.1) is 5.41 Å². The number of hydrogen-bond acceptors (Lipinski definition) is 6. The zero-order valence-corrected chi connectivity index (χ0v) is 28.4. The summed E-state index contributed by atoms with van der Waals surface area (Å²) < 4.78 is 6.21. The minimum absolute atomic E-state index is 0.0585. The molecule has 1 aromatic rings. The number of ether oxygens (including phenoxy) is 1. The fraction of sp³-hybridized carbons (Fsp3) is 0.667. The second kappa shape index (κ2) is 11.0. The molecule has 46 heavy (non-hydrogen) atoms. The number of fused-ring (bicyclic) bond motifs is 7. The number of aromatic hydroxyl groups is 2. The molecular weight excluding hydrogens is 580 g/mol. The van der Waals surface area contributed by atoms with Crippen molar-refractivity contribution in [3.8, 4) is 11.5 Å². The molecule has 7 nitrogen and oxygen atoms in total. The molecule has 0 aromatic heterocycles. The third-order valence-electron chi connectivity index (χ3n) is 14.7. The molecule has 0 saturated heterocycles. The van der Waals surface area contributed by atoms with Crippen LogP contribution >= 0.6 is 0 Å². The van der Waals surface area contributed by atoms with Crippen molar-refractivity contribution in [1.29, 1.82) is 0 Å². The average Bonchev–Trinajstić information content (AvgIpc) is 3.00. The highest BCUT2D eigenvalue weighted by Gasteiger charge is 2.71. The molecule has 0 bridgehead atoms. The van der Waals surface area contributed by atoms with Crippen LogP contribution in [0.1, 0.15) is 105 Å². The van der Waals surface area contributed by atoms with Crippen molar-refractivity contribution in [3.05, 3.63) is 41.5 Å². The van der Waals surface area contributed by atoms with Crippen LogP contribution < -0.4 is 0 Å². The first kappa shape index (κ1) is 32.8. The Labute approximate surface area is 273 Å². The number of phenolic OH excluding ortho intramolecular Hbond substituents is 2. The van der Waals surface area contributed by atoms with Gasteiger partial charge in [-0.05, 0) is 116 Å². The maximum atomic E-state index is 13.4. The molecule has 0 spiro atoms. The summed E-state index contributed by atoms with van der Waals surface area (Å²) in [7, 11) is 0. The highest BCUT2D eigenvalue weighted by molar-refractivity contribution is 5.87. The van der Waals surface area contributed by atoms with Crippen molar-refractivity contribution in [1.82, 2.24) is 0 Å². The zero-order valence-electron chi connectivity index (χ0n) is 28.4. The maximum Gasteiger partial charge on any atom is 0.330 e. The molecule has 4 saturated carbocycles. The lowest BCUT2D eigenvalue weighted by molar-refractivity contribution is -0.204. The molecule has 0 aliphatic heterocycles. The van der Waals surface area contributed by atoms with Gasteiger partial charge in [-0.3, -0.25) is 9.59 Å². The third kappa shape index (κ3) is 4.53. The van der Waals surface area contributed by atoms with Gasteiger partial charge in [-0.25, -0.2) is 4.79 Å². The smallest absolute Gasteiger partial charge is 0.330 e. The number of benzene rings is 1. The van der Waals surface area contributed by atoms with Crippen LogP contribution in [0.15, 0.2) is 35.9 Å². The second-order valence-electron chi connectivity index (χ2n) is 16.7. The van der Waals surface area contributed by atoms with E-state index in [1.165, 1.54) is 23.8 Å². The molecule has 0 heterocycles. The molecule has 5 aliphatic carbocycles. The first-order valence-corrected chi connectivity index (χ1v) is 17.4. The van der Waals surface area contributed by atoms with Crippen molar-refractivity contribution >= 4 is 23.8 Å². The van der Waals surface area contributed by atoms with Crippen molar-refractivity contribution < 1.29 is 34.4 Å². The quantitative estimate of drug-likeness (QED) is 0.130. The number of carbonyl (C=O) groups is 3. The van der Waals surface area contributed by atoms with E-state index in [2.05, 4.69) is 47.6 Å². The monoisotopic (exact) mass is 632 g/mol. The van der Waals surface area contributed by atoms with Gasteiger partial charge in [-0.2, -0.15) is 0 Å². The van der Waals surface area contributed by atoms with E-state index < -0.39 is 22.8 Å². The molecule has 0 radical (unpaired) electrons. The number of esters is 1. The van der Waals surface area contributed by atoms with Gasteiger partial charge in [-0.1, -0.05) is 59.3 Å². The molecule has 1 aromatic carbocycles. The van der Waals surface area contributed by atoms with E-state index in [0.29, 0.717) is 42.9 Å². The summed E-state index contributed by atoms with van der Waals surface area (Å²) in [6.45, 7) is 13.7. The second-order valence-corrected chi connectivity index (χ2v) is 16.7. The van der Waals surface area contributed by atoms with Crippen molar-refractivity contribution in [2.75, 3.05) is 6.61 Å². The van der Waals surface area contributed by atoms with Crippen LogP contribution in [0.5, 0.6) is 11.5 Å². The van der Waals surface area contributed by atoms with Crippen molar-refractivity contribution in [2.45, 2.75) is 99.3 Å². The highest BCUT2D eigenvalue weighted by Crippen LogP contribution is 2.75. The summed E-state index contributed by atoms with van der Waals surface area (Å²) in [6.07, 6.45) is 12.2. The first-order chi connectivity index (χ1) is 21.5. The van der Waals surface area contributed by atoms with E-state index in [4.69, 9.17) is 4.74 Å². The summed E-state index contributed by atoms with van der Waals surface area (Å²) in [5, 5.41) is 30.4. The zero-order chi connectivity index (χ0) is 33.4. The molecule has 0 unspecified atom stereocenters. The Bertz CT molecular complexity index is 1510. The number of carboxylic acids is 1. The third-order valence-corrected chi connectivity index (χ3v) is 14.7. The van der Waals surface area contributed by atoms with Crippen molar-refractivity contribution in [2.24, 2.45) is 56.7 Å². The number of phenols is 2. The standard InChI is InChI=1S/C39H52O7/c1-23-13-18-38(34(44)45)19-20-39(22-46-32(43)12-8-25-7-10-27(40)28(41)21-25)26(33(38)24(23)2)9-11-30-36(5)16-15-31(42)35(3,4)29(36)14-17-37(30,39)6/h7-10,12,21,23-24,29-30,33,40-41H,11,13-20,22H2,1-6H3,(H,44,45)/b12-8+/t23-,24+,29+,30-,33+,36+,37-,38+,39+/m1/s1. The fourth-order valence-electron chi connectivity index (χ4n) is 11.8. The van der Waals surface area contributed by atoms with Crippen LogP contribution in [0.25, 0.3) is 6.08 Å². The average molecular weight is 633 g/mol. The van der Waals surface area contributed by atoms with Crippen molar-refractivity contribution in [3.63, 3.8) is 0 Å². The fourth-order valence-corrected chi connectivity index (χ4v) is 11.8. The van der Waals surface area contributed by atoms with E-state index >= 15 is 0 Å². The number of Topliss-reactive ketones (excluding diaryl/α,β-unsaturated/α-hetero) is 1. The minimum atomic E-state index is -0.810. The van der Waals surface area contributed by atoms with Gasteiger partial charge in [0.2, 0.25) is 0 Å². The molecule has 6 rings (SSSR count). The summed E-state index contributed by atoms with van der Waals surface area (Å²) in [6, 6.07) is 4.37. The summed E-state index contributed by atoms with van der Waals surface area (Å²) >= 11 is 0. The van der Waals surface area contributed by atoms with Gasteiger partial charge in [0.1, 0.15) is 12.4 Å². The molecule has 5 aliphatic rings. The Morgan fingerprint density at radius 2 is 1.70 bits per heavy atom. The van der Waals surface area contributed by atoms with E-state index in [-0.39, 0.29) is 58.0 Å². The van der Waals surface area contributed by atoms with Gasteiger partial charge >= 0.3 is 11.9 Å².